The summed E-state index contributed by atoms with van der Waals surface area (Å²) in [4.78, 5) is 34.3. The molecule has 0 bridgehead atoms. The highest BCUT2D eigenvalue weighted by molar-refractivity contribution is 8.13. The molecule has 4 aromatic rings. The molecule has 0 aliphatic heterocycles. The van der Waals surface area contributed by atoms with Crippen molar-refractivity contribution in [2.24, 2.45) is 4.40 Å². The standard InChI is InChI=1S/C25H17N5O6S3/c31-27(32)19-12-4-7-15-22(19)37-26-25(18-10-2-1-3-11-18)30(38-23-16-8-5-13-20(23)28(33)34)39-24-17-9-6-14-21(24)29(35)36/h1-17H/b26-25+. The van der Waals surface area contributed by atoms with Gasteiger partial charge in [-0.3, -0.25) is 30.3 Å². The lowest BCUT2D eigenvalue weighted by Gasteiger charge is -2.23. The summed E-state index contributed by atoms with van der Waals surface area (Å²) in [7, 11) is 0. The predicted molar refractivity (Wildman–Crippen MR) is 152 cm³/mol. The summed E-state index contributed by atoms with van der Waals surface area (Å²) in [5.41, 5.74) is 0.132. The van der Waals surface area contributed by atoms with Crippen LogP contribution < -0.4 is 0 Å². The maximum Gasteiger partial charge on any atom is 0.284 e. The lowest BCUT2D eigenvalue weighted by molar-refractivity contribution is -0.387. The Balaban J connectivity index is 1.86. The Kier molecular flexibility index (Phi) is 9.14. The molecular formula is C25H17N5O6S3. The summed E-state index contributed by atoms with van der Waals surface area (Å²) in [5.74, 6) is 0.269. The molecule has 0 fully saturated rings. The second kappa shape index (κ2) is 12.9. The van der Waals surface area contributed by atoms with Crippen LogP contribution in [0.5, 0.6) is 0 Å². The van der Waals surface area contributed by atoms with E-state index in [0.29, 0.717) is 5.56 Å². The highest BCUT2D eigenvalue weighted by Gasteiger charge is 2.26. The number of hydrogen-bond donors (Lipinski definition) is 0. The van der Waals surface area contributed by atoms with Crippen LogP contribution in [0.15, 0.2) is 122 Å². The van der Waals surface area contributed by atoms with Crippen molar-refractivity contribution in [2.45, 2.75) is 14.7 Å². The van der Waals surface area contributed by atoms with E-state index < -0.39 is 14.8 Å². The highest BCUT2D eigenvalue weighted by atomic mass is 32.2. The van der Waals surface area contributed by atoms with Gasteiger partial charge in [0.15, 0.2) is 5.84 Å². The normalized spacial score (nSPS) is 11.1. The van der Waals surface area contributed by atoms with Crippen LogP contribution in [0.3, 0.4) is 0 Å². The average Bonchev–Trinajstić information content (AvgIpc) is 2.94. The van der Waals surface area contributed by atoms with E-state index in [-0.39, 0.29) is 37.6 Å². The molecule has 0 aliphatic rings. The van der Waals surface area contributed by atoms with Gasteiger partial charge < -0.3 is 0 Å². The molecule has 196 valence electrons. The Morgan fingerprint density at radius 1 is 0.564 bits per heavy atom. The van der Waals surface area contributed by atoms with Crippen LogP contribution in [0.4, 0.5) is 17.1 Å². The lowest BCUT2D eigenvalue weighted by Crippen LogP contribution is -2.19. The van der Waals surface area contributed by atoms with E-state index in [1.54, 1.807) is 72.8 Å². The molecule has 0 radical (unpaired) electrons. The molecule has 0 aromatic heterocycles. The first-order valence-corrected chi connectivity index (χ1v) is 13.3. The first-order valence-electron chi connectivity index (χ1n) is 11.0. The predicted octanol–water partition coefficient (Wildman–Crippen LogP) is 7.58. The molecule has 14 heteroatoms. The van der Waals surface area contributed by atoms with E-state index >= 15 is 0 Å². The molecule has 0 saturated carbocycles. The van der Waals surface area contributed by atoms with Crippen molar-refractivity contribution < 1.29 is 14.8 Å². The largest absolute Gasteiger partial charge is 0.284 e. The molecular weight excluding hydrogens is 563 g/mol. The van der Waals surface area contributed by atoms with E-state index in [1.165, 1.54) is 34.0 Å². The molecule has 11 nitrogen and oxygen atoms in total. The second-order valence-corrected chi connectivity index (χ2v) is 10.5. The van der Waals surface area contributed by atoms with Crippen molar-refractivity contribution in [1.29, 1.82) is 0 Å². The van der Waals surface area contributed by atoms with E-state index in [2.05, 4.69) is 4.40 Å². The number of nitro groups is 3. The van der Waals surface area contributed by atoms with Crippen LogP contribution in [0.2, 0.25) is 0 Å². The van der Waals surface area contributed by atoms with Crippen LogP contribution in [-0.2, 0) is 0 Å². The molecule has 0 spiro atoms. The Labute approximate surface area is 234 Å². The fourth-order valence-corrected chi connectivity index (χ4v) is 6.27. The summed E-state index contributed by atoms with van der Waals surface area (Å²) in [6, 6.07) is 27.2. The number of rotatable bonds is 10. The minimum Gasteiger partial charge on any atom is -0.258 e. The summed E-state index contributed by atoms with van der Waals surface area (Å²) in [5, 5.41) is 35.0. The van der Waals surface area contributed by atoms with Gasteiger partial charge >= 0.3 is 0 Å². The van der Waals surface area contributed by atoms with Gasteiger partial charge in [0.05, 0.1) is 14.8 Å². The van der Waals surface area contributed by atoms with Gasteiger partial charge in [0.1, 0.15) is 14.7 Å². The third kappa shape index (κ3) is 6.93. The Morgan fingerprint density at radius 3 is 1.41 bits per heavy atom. The van der Waals surface area contributed by atoms with Gasteiger partial charge in [-0.05, 0) is 18.2 Å². The molecule has 39 heavy (non-hydrogen) atoms. The Hall–Kier alpha value is -4.40. The van der Waals surface area contributed by atoms with Crippen LogP contribution in [0.25, 0.3) is 0 Å². The molecule has 0 unspecified atom stereocenters. The molecule has 0 atom stereocenters. The zero-order valence-corrected chi connectivity index (χ0v) is 22.2. The van der Waals surface area contributed by atoms with E-state index in [0.717, 1.165) is 35.8 Å². The van der Waals surface area contributed by atoms with Crippen LogP contribution in [-0.4, -0.2) is 24.3 Å². The van der Waals surface area contributed by atoms with Crippen molar-refractivity contribution >= 4 is 58.7 Å². The second-order valence-electron chi connectivity index (χ2n) is 7.49. The van der Waals surface area contributed by atoms with Crippen molar-refractivity contribution in [3.05, 3.63) is 139 Å². The lowest BCUT2D eigenvalue weighted by atomic mass is 10.2. The molecule has 0 N–H and O–H groups in total. The zero-order chi connectivity index (χ0) is 27.8. The maximum atomic E-state index is 11.7. The van der Waals surface area contributed by atoms with Gasteiger partial charge in [-0.25, -0.2) is 3.71 Å². The van der Waals surface area contributed by atoms with Gasteiger partial charge in [-0.1, -0.05) is 66.7 Å². The van der Waals surface area contributed by atoms with Crippen molar-refractivity contribution in [1.82, 2.24) is 3.71 Å². The van der Waals surface area contributed by atoms with Gasteiger partial charge in [0.25, 0.3) is 17.1 Å². The van der Waals surface area contributed by atoms with Crippen LogP contribution >= 0.6 is 35.8 Å². The Bertz CT molecular complexity index is 1490. The molecule has 0 amide bonds. The fourth-order valence-electron chi connectivity index (χ4n) is 3.21. The van der Waals surface area contributed by atoms with E-state index in [1.807, 2.05) is 0 Å². The van der Waals surface area contributed by atoms with Crippen molar-refractivity contribution in [3.63, 3.8) is 0 Å². The fraction of sp³-hybridized carbons (Fsp3) is 0. The smallest absolute Gasteiger partial charge is 0.258 e. The summed E-state index contributed by atoms with van der Waals surface area (Å²) in [6.07, 6.45) is 0. The highest BCUT2D eigenvalue weighted by Crippen LogP contribution is 2.43. The summed E-state index contributed by atoms with van der Waals surface area (Å²) < 4.78 is 6.15. The van der Waals surface area contributed by atoms with Gasteiger partial charge in [-0.15, -0.1) is 0 Å². The zero-order valence-electron chi connectivity index (χ0n) is 19.7. The third-order valence-corrected chi connectivity index (χ3v) is 8.00. The van der Waals surface area contributed by atoms with Gasteiger partial charge in [-0.2, -0.15) is 4.40 Å². The minimum atomic E-state index is -0.516. The number of para-hydroxylation sites is 3. The molecule has 4 aromatic carbocycles. The average molecular weight is 580 g/mol. The van der Waals surface area contributed by atoms with Crippen molar-refractivity contribution in [3.8, 4) is 0 Å². The van der Waals surface area contributed by atoms with E-state index in [9.17, 15) is 30.3 Å². The first-order chi connectivity index (χ1) is 18.8. The quantitative estimate of drug-likeness (QED) is 0.0605. The topological polar surface area (TPSA) is 145 Å². The monoisotopic (exact) mass is 579 g/mol. The molecule has 0 heterocycles. The molecule has 0 saturated heterocycles. The van der Waals surface area contributed by atoms with Crippen LogP contribution in [0.1, 0.15) is 5.56 Å². The number of amidine groups is 1. The number of hydrogen-bond acceptors (Lipinski definition) is 10. The first kappa shape index (κ1) is 27.6. The molecule has 4 rings (SSSR count). The number of nitrogens with zero attached hydrogens (tertiary/aromatic N) is 5. The minimum absolute atomic E-state index is 0.136. The maximum absolute atomic E-state index is 11.7. The van der Waals surface area contributed by atoms with Crippen LogP contribution in [0, 0.1) is 30.3 Å². The van der Waals surface area contributed by atoms with E-state index in [4.69, 9.17) is 0 Å². The third-order valence-electron chi connectivity index (χ3n) is 4.98. The van der Waals surface area contributed by atoms with Crippen molar-refractivity contribution in [2.75, 3.05) is 0 Å². The molecule has 0 aliphatic carbocycles. The summed E-state index contributed by atoms with van der Waals surface area (Å²) in [6.45, 7) is 0. The van der Waals surface area contributed by atoms with Gasteiger partial charge in [0.2, 0.25) is 0 Å². The Morgan fingerprint density at radius 2 is 0.949 bits per heavy atom. The van der Waals surface area contributed by atoms with Gasteiger partial charge in [0, 0.05) is 59.6 Å². The number of benzene rings is 4. The summed E-state index contributed by atoms with van der Waals surface area (Å²) >= 11 is 2.78. The number of nitro benzene ring substituents is 3. The SMILES string of the molecule is O=[N+]([O-])c1ccccc1S/N=C(\c1ccccc1)N(Sc1ccccc1[N+](=O)[O-])Sc1ccccc1[N+](=O)[O-].